The summed E-state index contributed by atoms with van der Waals surface area (Å²) in [4.78, 5) is 16.0. The van der Waals surface area contributed by atoms with Gasteiger partial charge in [0, 0.05) is 11.9 Å². The first-order chi connectivity index (χ1) is 10.6. The molecule has 1 unspecified atom stereocenters. The van der Waals surface area contributed by atoms with E-state index in [0.717, 1.165) is 18.4 Å². The van der Waals surface area contributed by atoms with Gasteiger partial charge < -0.3 is 5.32 Å². The Morgan fingerprint density at radius 2 is 2.14 bits per heavy atom. The fourth-order valence-electron chi connectivity index (χ4n) is 3.01. The van der Waals surface area contributed by atoms with Crippen LogP contribution in [0.15, 0.2) is 36.5 Å². The Bertz CT molecular complexity index is 716. The molecule has 1 aromatic heterocycles. The summed E-state index contributed by atoms with van der Waals surface area (Å²) in [5, 5.41) is 2.77. The Kier molecular flexibility index (Phi) is 3.88. The van der Waals surface area contributed by atoms with E-state index in [4.69, 9.17) is 0 Å². The molecule has 1 aliphatic carbocycles. The zero-order chi connectivity index (χ0) is 15.7. The number of halogens is 2. The van der Waals surface area contributed by atoms with Crippen molar-refractivity contribution in [3.63, 3.8) is 0 Å². The first-order valence-electron chi connectivity index (χ1n) is 7.24. The van der Waals surface area contributed by atoms with Crippen molar-refractivity contribution in [3.8, 4) is 0 Å². The quantitative estimate of drug-likeness (QED) is 0.917. The van der Waals surface area contributed by atoms with Crippen LogP contribution in [-0.4, -0.2) is 10.9 Å². The Labute approximate surface area is 127 Å². The molecule has 1 amide bonds. The highest BCUT2D eigenvalue weighted by Gasteiger charge is 2.24. The maximum absolute atomic E-state index is 13.0. The molecule has 114 valence electrons. The first-order valence-corrected chi connectivity index (χ1v) is 7.24. The fourth-order valence-corrected chi connectivity index (χ4v) is 3.01. The SMILES string of the molecule is CC1CCc2cccc(NC(=O)c3cccnc3C(F)F)c21. The third kappa shape index (κ3) is 2.58. The maximum atomic E-state index is 13.0. The normalized spacial score (nSPS) is 16.6. The minimum Gasteiger partial charge on any atom is -0.322 e. The van der Waals surface area contributed by atoms with E-state index in [1.54, 1.807) is 0 Å². The summed E-state index contributed by atoms with van der Waals surface area (Å²) in [5.41, 5.74) is 2.46. The van der Waals surface area contributed by atoms with Gasteiger partial charge in [0.2, 0.25) is 0 Å². The van der Waals surface area contributed by atoms with Gasteiger partial charge in [-0.25, -0.2) is 8.78 Å². The summed E-state index contributed by atoms with van der Waals surface area (Å²) in [5.74, 6) is -0.189. The van der Waals surface area contributed by atoms with E-state index in [2.05, 4.69) is 17.2 Å². The van der Waals surface area contributed by atoms with Crippen molar-refractivity contribution in [2.24, 2.45) is 0 Å². The molecule has 3 rings (SSSR count). The van der Waals surface area contributed by atoms with E-state index in [9.17, 15) is 13.6 Å². The van der Waals surface area contributed by atoms with Crippen LogP contribution in [0.4, 0.5) is 14.5 Å². The molecule has 5 heteroatoms. The number of aromatic nitrogens is 1. The van der Waals surface area contributed by atoms with E-state index in [0.29, 0.717) is 11.6 Å². The van der Waals surface area contributed by atoms with Gasteiger partial charge in [-0.1, -0.05) is 19.1 Å². The predicted octanol–water partition coefficient (Wildman–Crippen LogP) is 4.32. The minimum absolute atomic E-state index is 0.0826. The largest absolute Gasteiger partial charge is 0.322 e. The highest BCUT2D eigenvalue weighted by molar-refractivity contribution is 6.05. The second-order valence-corrected chi connectivity index (χ2v) is 5.51. The van der Waals surface area contributed by atoms with Crippen molar-refractivity contribution in [2.75, 3.05) is 5.32 Å². The monoisotopic (exact) mass is 302 g/mol. The second kappa shape index (κ2) is 5.83. The summed E-state index contributed by atoms with van der Waals surface area (Å²) >= 11 is 0. The lowest BCUT2D eigenvalue weighted by Crippen LogP contribution is -2.16. The van der Waals surface area contributed by atoms with Gasteiger partial charge >= 0.3 is 0 Å². The third-order valence-corrected chi connectivity index (χ3v) is 4.07. The van der Waals surface area contributed by atoms with E-state index >= 15 is 0 Å². The van der Waals surface area contributed by atoms with Crippen molar-refractivity contribution in [1.82, 2.24) is 4.98 Å². The number of fused-ring (bicyclic) bond motifs is 1. The zero-order valence-corrected chi connectivity index (χ0v) is 12.1. The Balaban J connectivity index is 1.92. The molecule has 3 nitrogen and oxygen atoms in total. The smallest absolute Gasteiger partial charge is 0.281 e. The molecule has 0 saturated carbocycles. The van der Waals surface area contributed by atoms with Gasteiger partial charge in [-0.15, -0.1) is 0 Å². The van der Waals surface area contributed by atoms with Gasteiger partial charge in [0.05, 0.1) is 5.56 Å². The molecule has 2 aromatic rings. The number of rotatable bonds is 3. The highest BCUT2D eigenvalue weighted by atomic mass is 19.3. The topological polar surface area (TPSA) is 42.0 Å². The molecule has 1 aromatic carbocycles. The van der Waals surface area contributed by atoms with E-state index < -0.39 is 18.0 Å². The molecular formula is C17H16F2N2O. The number of aryl methyl sites for hydroxylation is 1. The number of nitrogens with one attached hydrogen (secondary N) is 1. The van der Waals surface area contributed by atoms with E-state index in [-0.39, 0.29) is 5.56 Å². The molecule has 0 bridgehead atoms. The van der Waals surface area contributed by atoms with Crippen LogP contribution in [-0.2, 0) is 6.42 Å². The average molecular weight is 302 g/mol. The molecule has 0 saturated heterocycles. The van der Waals surface area contributed by atoms with Gasteiger partial charge in [-0.2, -0.15) is 0 Å². The van der Waals surface area contributed by atoms with Crippen LogP contribution < -0.4 is 5.32 Å². The van der Waals surface area contributed by atoms with Gasteiger partial charge in [-0.05, 0) is 48.1 Å². The molecule has 0 aliphatic heterocycles. The number of anilines is 1. The van der Waals surface area contributed by atoms with E-state index in [1.165, 1.54) is 23.9 Å². The van der Waals surface area contributed by atoms with Crippen molar-refractivity contribution in [1.29, 1.82) is 0 Å². The summed E-state index contributed by atoms with van der Waals surface area (Å²) < 4.78 is 25.9. The molecule has 1 N–H and O–H groups in total. The van der Waals surface area contributed by atoms with Crippen molar-refractivity contribution < 1.29 is 13.6 Å². The summed E-state index contributed by atoms with van der Waals surface area (Å²) in [7, 11) is 0. The maximum Gasteiger partial charge on any atom is 0.281 e. The second-order valence-electron chi connectivity index (χ2n) is 5.51. The van der Waals surface area contributed by atoms with Crippen LogP contribution in [0.2, 0.25) is 0 Å². The number of amides is 1. The van der Waals surface area contributed by atoms with Gasteiger partial charge in [0.25, 0.3) is 12.3 Å². The lowest BCUT2D eigenvalue weighted by atomic mass is 10.0. The van der Waals surface area contributed by atoms with E-state index in [1.807, 2.05) is 18.2 Å². The van der Waals surface area contributed by atoms with Gasteiger partial charge in [0.1, 0.15) is 5.69 Å². The predicted molar refractivity (Wildman–Crippen MR) is 80.3 cm³/mol. The van der Waals surface area contributed by atoms with Crippen LogP contribution in [0.5, 0.6) is 0 Å². The molecule has 0 spiro atoms. The minimum atomic E-state index is -2.78. The van der Waals surface area contributed by atoms with Crippen molar-refractivity contribution >= 4 is 11.6 Å². The molecule has 1 heterocycles. The van der Waals surface area contributed by atoms with Gasteiger partial charge in [-0.3, -0.25) is 9.78 Å². The fraction of sp³-hybridized carbons (Fsp3) is 0.294. The number of benzene rings is 1. The molecule has 0 fully saturated rings. The van der Waals surface area contributed by atoms with Crippen molar-refractivity contribution in [3.05, 3.63) is 58.9 Å². The number of carbonyl (C=O) groups is 1. The molecular weight excluding hydrogens is 286 g/mol. The lowest BCUT2D eigenvalue weighted by molar-refractivity contribution is 0.100. The zero-order valence-electron chi connectivity index (χ0n) is 12.1. The number of alkyl halides is 2. The molecule has 22 heavy (non-hydrogen) atoms. The van der Waals surface area contributed by atoms with Crippen LogP contribution in [0, 0.1) is 0 Å². The number of hydrogen-bond acceptors (Lipinski definition) is 2. The van der Waals surface area contributed by atoms with Crippen LogP contribution in [0.25, 0.3) is 0 Å². The molecule has 0 radical (unpaired) electrons. The Morgan fingerprint density at radius 1 is 1.32 bits per heavy atom. The number of carbonyl (C=O) groups excluding carboxylic acids is 1. The highest BCUT2D eigenvalue weighted by Crippen LogP contribution is 2.38. The number of nitrogens with zero attached hydrogens (tertiary/aromatic N) is 1. The standard InChI is InChI=1S/C17H16F2N2O/c1-10-7-8-11-4-2-6-13(14(10)11)21-17(22)12-5-3-9-20-15(12)16(18)19/h2-6,9-10,16H,7-8H2,1H3,(H,21,22). The van der Waals surface area contributed by atoms with Crippen molar-refractivity contribution in [2.45, 2.75) is 32.1 Å². The number of pyridine rings is 1. The molecule has 1 aliphatic rings. The summed E-state index contributed by atoms with van der Waals surface area (Å²) in [6, 6.07) is 8.60. The average Bonchev–Trinajstić information content (AvgIpc) is 2.90. The lowest BCUT2D eigenvalue weighted by Gasteiger charge is -2.14. The van der Waals surface area contributed by atoms with Gasteiger partial charge in [0.15, 0.2) is 0 Å². The number of hydrogen-bond donors (Lipinski definition) is 1. The summed E-state index contributed by atoms with van der Waals surface area (Å²) in [6.07, 6.45) is 0.509. The van der Waals surface area contributed by atoms with Crippen LogP contribution in [0.1, 0.15) is 52.9 Å². The summed E-state index contributed by atoms with van der Waals surface area (Å²) in [6.45, 7) is 2.11. The third-order valence-electron chi connectivity index (χ3n) is 4.07. The Hall–Kier alpha value is -2.30. The Morgan fingerprint density at radius 3 is 2.91 bits per heavy atom. The molecule has 1 atom stereocenters. The van der Waals surface area contributed by atoms with Crippen LogP contribution in [0.3, 0.4) is 0 Å². The van der Waals surface area contributed by atoms with Crippen LogP contribution >= 0.6 is 0 Å². The first kappa shape index (κ1) is 14.6.